The molecule has 124 heavy (non-hydrogen) atoms. The zero-order chi connectivity index (χ0) is 88.2. The third-order valence-electron chi connectivity index (χ3n) is 17.8. The van der Waals surface area contributed by atoms with Gasteiger partial charge in [-0.1, -0.05) is 6.07 Å². The molecule has 0 aliphatic carbocycles. The molecule has 0 aliphatic heterocycles. The van der Waals surface area contributed by atoms with Crippen molar-refractivity contribution < 1.29 is 74.9 Å². The van der Waals surface area contributed by atoms with Gasteiger partial charge < -0.3 is 34.9 Å². The van der Waals surface area contributed by atoms with E-state index in [0.29, 0.717) is 72.2 Å². The van der Waals surface area contributed by atoms with E-state index in [4.69, 9.17) is 29.8 Å². The van der Waals surface area contributed by atoms with Crippen LogP contribution in [0.25, 0.3) is 39.0 Å². The van der Waals surface area contributed by atoms with Crippen LogP contribution in [0, 0.1) is 75.9 Å². The number of hydrogen-bond acceptors (Lipinski definition) is 19. The lowest BCUT2D eigenvalue weighted by molar-refractivity contribution is -0.385. The van der Waals surface area contributed by atoms with E-state index in [1.54, 1.807) is 133 Å². The second-order valence-corrected chi connectivity index (χ2v) is 28.5. The van der Waals surface area contributed by atoms with Crippen LogP contribution in [0.15, 0.2) is 299 Å². The van der Waals surface area contributed by atoms with Gasteiger partial charge in [-0.05, 0) is 245 Å². The summed E-state index contributed by atoms with van der Waals surface area (Å²) in [5.74, 6) is -3.27. The van der Waals surface area contributed by atoms with Gasteiger partial charge >= 0.3 is 5.97 Å². The van der Waals surface area contributed by atoms with Gasteiger partial charge in [-0.25, -0.2) is 53.7 Å². The first-order valence-electron chi connectivity index (χ1n) is 36.4. The first-order chi connectivity index (χ1) is 59.5. The summed E-state index contributed by atoms with van der Waals surface area (Å²) in [6.45, 7) is 5.67. The number of carboxylic acids is 1. The third-order valence-corrected chi connectivity index (χ3v) is 18.7. The van der Waals surface area contributed by atoms with E-state index >= 15 is 0 Å². The van der Waals surface area contributed by atoms with Gasteiger partial charge in [0.25, 0.3) is 22.5 Å². The van der Waals surface area contributed by atoms with E-state index < -0.39 is 67.6 Å². The third kappa shape index (κ3) is 20.6. The number of nitro benzene ring substituents is 2. The lowest BCUT2D eigenvalue weighted by atomic mass is 10.0. The topological polar surface area (TPSA) is 354 Å². The van der Waals surface area contributed by atoms with Crippen molar-refractivity contribution >= 4 is 88.3 Å². The monoisotopic (exact) mass is 1810 g/mol. The average Bonchev–Trinajstić information content (AvgIpc) is 1.40. The summed E-state index contributed by atoms with van der Waals surface area (Å²) < 4.78 is 117. The number of aromatic hydroxyl groups is 1. The number of ketones is 1. The molecule has 0 unspecified atom stereocenters. The highest BCUT2D eigenvalue weighted by Gasteiger charge is 2.21. The van der Waals surface area contributed by atoms with Gasteiger partial charge in [0.05, 0.1) is 58.5 Å². The van der Waals surface area contributed by atoms with Crippen molar-refractivity contribution in [1.29, 1.82) is 0 Å². The Hall–Kier alpha value is -16.1. The molecule has 0 bridgehead atoms. The number of aryl methyl sites for hydroxylation is 3. The minimum Gasteiger partial charge on any atom is -0.506 e. The fourth-order valence-electron chi connectivity index (χ4n) is 12.1. The van der Waals surface area contributed by atoms with Crippen molar-refractivity contribution in [3.05, 3.63) is 399 Å². The molecule has 0 spiro atoms. The predicted molar refractivity (Wildman–Crippen MR) is 450 cm³/mol. The molecule has 0 aliphatic rings. The Bertz CT molecular complexity index is 7060. The van der Waals surface area contributed by atoms with Crippen LogP contribution >= 0.6 is 31.9 Å². The number of nitrogens with two attached hydrogens (primary N) is 1. The molecule has 0 amide bonds. The smallest absolute Gasteiger partial charge is 0.341 e. The predicted octanol–water partition coefficient (Wildman–Crippen LogP) is 19.3. The summed E-state index contributed by atoms with van der Waals surface area (Å²) in [6, 6.07) is 48.8. The summed E-state index contributed by atoms with van der Waals surface area (Å²) in [4.78, 5) is 68.2. The van der Waals surface area contributed by atoms with Crippen molar-refractivity contribution in [2.75, 3.05) is 5.73 Å². The van der Waals surface area contributed by atoms with E-state index in [1.807, 2.05) is 51.5 Å². The Morgan fingerprint density at radius 3 is 1.16 bits per heavy atom. The van der Waals surface area contributed by atoms with E-state index in [0.717, 1.165) is 43.4 Å². The van der Waals surface area contributed by atoms with Crippen LogP contribution in [-0.2, 0) is 6.42 Å². The number of hydrogen-bond donors (Lipinski definition) is 3. The summed E-state index contributed by atoms with van der Waals surface area (Å²) in [7, 11) is 0. The highest BCUT2D eigenvalue weighted by molar-refractivity contribution is 9.10. The number of ether oxygens (including phenoxy) is 4. The normalized spacial score (nSPS) is 10.8. The standard InChI is InChI=1S/C27H19F2N3O3.C14H10FN3O3.C14H12FN3O.C13H7BrFN3O3.C12H8FNO3.C7H5BrN2O/c1-17-13-26(23-10-11-30-32(23)16-17)35-25-9-4-18(14-22(25)29)15-24(33)21-3-2-12-31(27(21)34)20-7-5-19(28)6-8-20;1-9-6-14(12-4-5-16-17(12)8-9)21-13-3-2-10(18(19)20)7-11(13)15;1-9-6-14(12-4-5-17-18(12)8-9)19-13-3-2-10(16)7-11(13)15;14-8-5-13(11-3-4-16-17(11)7-8)21-12-2-1-9(18(19)20)6-10(12)15;13-8-3-5-9(6-4-8)14-7-1-2-10(11(14)15)12(16)17;8-5-3-7(11)6-1-2-9-10(6)4-5/h2-14,16H,15H2,1H3;2-8H,1H3;2-8H,16H2,1H3;1-7H;1-7H,(H,16,17);1-4,11H. The van der Waals surface area contributed by atoms with Crippen LogP contribution in [0.3, 0.4) is 0 Å². The van der Waals surface area contributed by atoms with Gasteiger partial charge in [0.1, 0.15) is 50.5 Å². The van der Waals surface area contributed by atoms with Crippen molar-refractivity contribution in [1.82, 2.24) is 57.2 Å². The van der Waals surface area contributed by atoms with Crippen LogP contribution in [0.2, 0.25) is 0 Å². The highest BCUT2D eigenvalue weighted by atomic mass is 79.9. The van der Waals surface area contributed by atoms with E-state index in [9.17, 15) is 70.9 Å². The maximum atomic E-state index is 14.9. The van der Waals surface area contributed by atoms with Crippen molar-refractivity contribution in [3.8, 4) is 63.1 Å². The van der Waals surface area contributed by atoms with Crippen molar-refractivity contribution in [2.45, 2.75) is 27.2 Å². The number of rotatable bonds is 16. The van der Waals surface area contributed by atoms with Crippen molar-refractivity contribution in [2.24, 2.45) is 0 Å². The molecule has 6 aromatic carbocycles. The molecule has 0 radical (unpaired) electrons. The van der Waals surface area contributed by atoms with Gasteiger partial charge in [0, 0.05) is 94.0 Å². The van der Waals surface area contributed by atoms with Crippen LogP contribution in [-0.4, -0.2) is 89.0 Å². The Morgan fingerprint density at radius 1 is 0.419 bits per heavy atom. The number of anilines is 1. The van der Waals surface area contributed by atoms with Gasteiger partial charge in [0.15, 0.2) is 75.0 Å². The number of nitrogens with zero attached hydrogens (tertiary/aromatic N) is 14. The van der Waals surface area contributed by atoms with Gasteiger partial charge in [-0.3, -0.25) is 43.7 Å². The van der Waals surface area contributed by atoms with Crippen LogP contribution in [0.4, 0.5) is 43.4 Å². The largest absolute Gasteiger partial charge is 0.506 e. The average molecular weight is 1810 g/mol. The molecule has 18 rings (SSSR count). The van der Waals surface area contributed by atoms with Crippen LogP contribution in [0.1, 0.15) is 43.0 Å². The summed E-state index contributed by atoms with van der Waals surface area (Å²) >= 11 is 6.55. The van der Waals surface area contributed by atoms with Gasteiger partial charge in [-0.15, -0.1) is 0 Å². The zero-order valence-electron chi connectivity index (χ0n) is 64.4. The molecular formula is C87H61Br2F6N15O14. The number of nitrogen functional groups attached to an aromatic ring is 1. The second-order valence-electron chi connectivity index (χ2n) is 26.7. The Labute approximate surface area is 711 Å². The number of carbonyl (C=O) groups excluding carboxylic acids is 1. The summed E-state index contributed by atoms with van der Waals surface area (Å²) in [5.41, 5.74) is 11.2. The number of aromatic carboxylic acids is 1. The number of Topliss-reactive ketones (excluding diaryl/α,β-unsaturated/α-hetero) is 1. The molecule has 0 saturated heterocycles. The number of non-ortho nitro benzene ring substituents is 2. The first-order valence-corrected chi connectivity index (χ1v) is 38.0. The number of benzene rings is 6. The van der Waals surface area contributed by atoms with E-state index in [2.05, 4.69) is 57.4 Å². The lowest BCUT2D eigenvalue weighted by Crippen LogP contribution is -2.25. The van der Waals surface area contributed by atoms with Gasteiger partial charge in [-0.2, -0.15) is 25.5 Å². The number of fused-ring (bicyclic) bond motifs is 5. The number of carboxylic acid groups (broad SMARTS) is 1. The van der Waals surface area contributed by atoms with Gasteiger partial charge in [0.2, 0.25) is 0 Å². The fourth-order valence-corrected chi connectivity index (χ4v) is 12.9. The molecule has 29 nitrogen and oxygen atoms in total. The van der Waals surface area contributed by atoms with E-state index in [1.165, 1.54) is 132 Å². The molecule has 4 N–H and O–H groups in total. The lowest BCUT2D eigenvalue weighted by Gasteiger charge is -2.11. The highest BCUT2D eigenvalue weighted by Crippen LogP contribution is 2.36. The molecule has 12 aromatic heterocycles. The fraction of sp³-hybridized carbons (Fsp3) is 0.0460. The summed E-state index contributed by atoms with van der Waals surface area (Å²) in [6.07, 6.45) is 19.9. The molecule has 18 aromatic rings. The number of halogens is 8. The first kappa shape index (κ1) is 85.8. The molecule has 0 saturated carbocycles. The number of pyridine rings is 7. The maximum Gasteiger partial charge on any atom is 0.341 e. The second kappa shape index (κ2) is 37.9. The van der Waals surface area contributed by atoms with Crippen molar-refractivity contribution in [3.63, 3.8) is 0 Å². The molecular weight excluding hydrogens is 1750 g/mol. The Morgan fingerprint density at radius 2 is 0.766 bits per heavy atom. The Balaban J connectivity index is 0.000000132. The van der Waals surface area contributed by atoms with Crippen LogP contribution in [0.5, 0.6) is 51.7 Å². The Kier molecular flexibility index (Phi) is 26.2. The molecule has 0 fully saturated rings. The molecule has 12 heterocycles. The number of carbonyl (C=O) groups is 2. The number of nitro groups is 2. The van der Waals surface area contributed by atoms with E-state index in [-0.39, 0.29) is 57.7 Å². The minimum absolute atomic E-state index is 0.00766. The zero-order valence-corrected chi connectivity index (χ0v) is 67.6. The van der Waals surface area contributed by atoms with Crippen LogP contribution < -0.4 is 35.8 Å². The quantitative estimate of drug-likeness (QED) is 0.0266. The molecule has 37 heteroatoms. The molecule has 624 valence electrons. The number of aromatic nitrogens is 12. The molecule has 0 atom stereocenters. The SMILES string of the molecule is Cc1cc(Oc2ccc(CC(=O)c3cccn(-c4ccc(F)cc4)c3=O)cc2F)c2ccnn2c1.Cc1cc(Oc2ccc(N)cc2F)c2ccnn2c1.Cc1cc(Oc2ccc([N+](=O)[O-])cc2F)c2ccnn2c1.O=C(O)c1cccn(-c2ccc(F)cc2)c1=O.O=[N+]([O-])c1ccc(Oc2cc(Br)cn3nccc23)c(F)c1.Oc1cc(Br)cn2nccc12. The summed E-state index contributed by atoms with van der Waals surface area (Å²) in [5, 5.41) is 59.8. The maximum absolute atomic E-state index is 14.9. The minimum atomic E-state index is -1.29.